The number of ether oxygens (including phenoxy) is 1. The van der Waals surface area contributed by atoms with Crippen LogP contribution in [0.4, 0.5) is 4.79 Å². The Morgan fingerprint density at radius 3 is 2.69 bits per heavy atom. The molecule has 3 heteroatoms. The lowest BCUT2D eigenvalue weighted by Gasteiger charge is -2.07. The van der Waals surface area contributed by atoms with Crippen molar-refractivity contribution in [3.63, 3.8) is 0 Å². The summed E-state index contributed by atoms with van der Waals surface area (Å²) in [5.41, 5.74) is 1.11. The minimum Gasteiger partial charge on any atom is -0.447 e. The van der Waals surface area contributed by atoms with Crippen LogP contribution in [-0.4, -0.2) is 18.7 Å². The zero-order valence-electron chi connectivity index (χ0n) is 9.64. The van der Waals surface area contributed by atoms with E-state index in [0.29, 0.717) is 6.54 Å². The number of rotatable bonds is 4. The van der Waals surface area contributed by atoms with E-state index >= 15 is 0 Å². The van der Waals surface area contributed by atoms with Gasteiger partial charge in [0, 0.05) is 6.54 Å². The second-order valence-electron chi connectivity index (χ2n) is 3.65. The predicted octanol–water partition coefficient (Wildman–Crippen LogP) is 2.83. The maximum atomic E-state index is 11.1. The number of amides is 1. The van der Waals surface area contributed by atoms with E-state index in [1.54, 1.807) is 0 Å². The Morgan fingerprint density at radius 1 is 1.38 bits per heavy atom. The van der Waals surface area contributed by atoms with Gasteiger partial charge in [-0.05, 0) is 19.4 Å². The van der Waals surface area contributed by atoms with Crippen molar-refractivity contribution in [3.05, 3.63) is 42.0 Å². The van der Waals surface area contributed by atoms with Crippen LogP contribution < -0.4 is 5.32 Å². The summed E-state index contributed by atoms with van der Waals surface area (Å²) in [5.74, 6) is 0. The van der Waals surface area contributed by atoms with E-state index in [9.17, 15) is 4.79 Å². The van der Waals surface area contributed by atoms with Crippen molar-refractivity contribution in [2.24, 2.45) is 0 Å². The summed E-state index contributed by atoms with van der Waals surface area (Å²) in [7, 11) is 0. The third kappa shape index (κ3) is 5.20. The van der Waals surface area contributed by atoms with Gasteiger partial charge in [-0.2, -0.15) is 0 Å². The average molecular weight is 219 g/mol. The van der Waals surface area contributed by atoms with E-state index < -0.39 is 0 Å². The molecule has 0 heterocycles. The molecule has 1 rings (SSSR count). The molecule has 0 aromatic heterocycles. The molecule has 1 amide bonds. The highest BCUT2D eigenvalue weighted by Crippen LogP contribution is 1.99. The summed E-state index contributed by atoms with van der Waals surface area (Å²) in [4.78, 5) is 11.1. The Bertz CT molecular complexity index is 344. The van der Waals surface area contributed by atoms with Crippen molar-refractivity contribution in [3.8, 4) is 0 Å². The molecule has 0 aliphatic carbocycles. The minimum absolute atomic E-state index is 0.0851. The van der Waals surface area contributed by atoms with Gasteiger partial charge in [-0.3, -0.25) is 0 Å². The molecular weight excluding hydrogens is 202 g/mol. The summed E-state index contributed by atoms with van der Waals surface area (Å²) >= 11 is 0. The molecule has 1 aromatic rings. The first kappa shape index (κ1) is 12.3. The molecule has 1 N–H and O–H groups in total. The normalized spacial score (nSPS) is 10.7. The molecule has 0 radical (unpaired) electrons. The molecule has 0 fully saturated rings. The van der Waals surface area contributed by atoms with Crippen LogP contribution in [0.25, 0.3) is 6.08 Å². The lowest BCUT2D eigenvalue weighted by molar-refractivity contribution is 0.116. The van der Waals surface area contributed by atoms with Gasteiger partial charge in [0.1, 0.15) is 0 Å². The largest absolute Gasteiger partial charge is 0.447 e. The van der Waals surface area contributed by atoms with Crippen molar-refractivity contribution < 1.29 is 9.53 Å². The van der Waals surface area contributed by atoms with Gasteiger partial charge >= 0.3 is 6.09 Å². The molecule has 16 heavy (non-hydrogen) atoms. The highest BCUT2D eigenvalue weighted by atomic mass is 16.6. The molecule has 3 nitrogen and oxygen atoms in total. The zero-order valence-corrected chi connectivity index (χ0v) is 9.64. The van der Waals surface area contributed by atoms with Gasteiger partial charge in [0.2, 0.25) is 0 Å². The molecule has 0 saturated carbocycles. The van der Waals surface area contributed by atoms with Gasteiger partial charge in [-0.15, -0.1) is 0 Å². The van der Waals surface area contributed by atoms with E-state index in [1.807, 2.05) is 56.3 Å². The molecule has 0 atom stereocenters. The Hall–Kier alpha value is -1.77. The monoisotopic (exact) mass is 219 g/mol. The highest BCUT2D eigenvalue weighted by Gasteiger charge is 2.01. The van der Waals surface area contributed by atoms with Crippen molar-refractivity contribution in [1.82, 2.24) is 5.32 Å². The van der Waals surface area contributed by atoms with Crippen molar-refractivity contribution >= 4 is 12.2 Å². The molecule has 0 aliphatic heterocycles. The Balaban J connectivity index is 2.25. The van der Waals surface area contributed by atoms with Crippen LogP contribution in [0.3, 0.4) is 0 Å². The summed E-state index contributed by atoms with van der Waals surface area (Å²) in [6, 6.07) is 9.92. The van der Waals surface area contributed by atoms with Gasteiger partial charge in [-0.1, -0.05) is 42.5 Å². The number of benzene rings is 1. The summed E-state index contributed by atoms with van der Waals surface area (Å²) in [6.45, 7) is 4.11. The number of hydrogen-bond acceptors (Lipinski definition) is 2. The molecule has 0 bridgehead atoms. The van der Waals surface area contributed by atoms with Crippen LogP contribution >= 0.6 is 0 Å². The van der Waals surface area contributed by atoms with Gasteiger partial charge in [0.05, 0.1) is 6.10 Å². The fourth-order valence-corrected chi connectivity index (χ4v) is 1.16. The van der Waals surface area contributed by atoms with E-state index in [-0.39, 0.29) is 12.2 Å². The highest BCUT2D eigenvalue weighted by molar-refractivity contribution is 5.67. The summed E-state index contributed by atoms with van der Waals surface area (Å²) < 4.78 is 4.92. The van der Waals surface area contributed by atoms with Gasteiger partial charge in [0.25, 0.3) is 0 Å². The van der Waals surface area contributed by atoms with E-state index in [0.717, 1.165) is 5.56 Å². The predicted molar refractivity (Wildman–Crippen MR) is 65.1 cm³/mol. The molecule has 0 spiro atoms. The van der Waals surface area contributed by atoms with Crippen LogP contribution in [0.2, 0.25) is 0 Å². The average Bonchev–Trinajstić information content (AvgIpc) is 2.25. The van der Waals surface area contributed by atoms with Gasteiger partial charge in [-0.25, -0.2) is 4.79 Å². The Labute approximate surface area is 96.1 Å². The van der Waals surface area contributed by atoms with Gasteiger partial charge < -0.3 is 10.1 Å². The van der Waals surface area contributed by atoms with Gasteiger partial charge in [0.15, 0.2) is 0 Å². The van der Waals surface area contributed by atoms with Crippen LogP contribution in [0.15, 0.2) is 36.4 Å². The number of alkyl carbamates (subject to hydrolysis) is 1. The second kappa shape index (κ2) is 6.67. The minimum atomic E-state index is -0.382. The first-order chi connectivity index (χ1) is 7.68. The lowest BCUT2D eigenvalue weighted by Crippen LogP contribution is -2.26. The summed E-state index contributed by atoms with van der Waals surface area (Å²) in [5, 5.41) is 2.64. The smallest absolute Gasteiger partial charge is 0.407 e. The molecule has 0 saturated heterocycles. The van der Waals surface area contributed by atoms with E-state index in [4.69, 9.17) is 4.74 Å². The van der Waals surface area contributed by atoms with Crippen molar-refractivity contribution in [1.29, 1.82) is 0 Å². The quantitative estimate of drug-likeness (QED) is 0.845. The maximum absolute atomic E-state index is 11.1. The number of nitrogens with one attached hydrogen (secondary N) is 1. The first-order valence-corrected chi connectivity index (χ1v) is 5.34. The zero-order chi connectivity index (χ0) is 11.8. The standard InChI is InChI=1S/C13H17NO2/c1-11(2)16-13(15)14-10-6-9-12-7-4-3-5-8-12/h3-9,11H,10H2,1-2H3,(H,14,15). The van der Waals surface area contributed by atoms with Crippen molar-refractivity contribution in [2.45, 2.75) is 20.0 Å². The maximum Gasteiger partial charge on any atom is 0.407 e. The topological polar surface area (TPSA) is 38.3 Å². The number of carbonyl (C=O) groups is 1. The Morgan fingerprint density at radius 2 is 2.06 bits per heavy atom. The molecule has 1 aromatic carbocycles. The fraction of sp³-hybridized carbons (Fsp3) is 0.308. The van der Waals surface area contributed by atoms with Crippen LogP contribution in [0.5, 0.6) is 0 Å². The Kier molecular flexibility index (Phi) is 5.12. The summed E-state index contributed by atoms with van der Waals surface area (Å²) in [6.07, 6.45) is 3.37. The first-order valence-electron chi connectivity index (χ1n) is 5.34. The third-order valence-corrected chi connectivity index (χ3v) is 1.82. The SMILES string of the molecule is CC(C)OC(=O)NCC=Cc1ccccc1. The third-order valence-electron chi connectivity index (χ3n) is 1.82. The number of hydrogen-bond donors (Lipinski definition) is 1. The van der Waals surface area contributed by atoms with Crippen LogP contribution in [0, 0.1) is 0 Å². The molecule has 0 unspecified atom stereocenters. The van der Waals surface area contributed by atoms with Crippen LogP contribution in [-0.2, 0) is 4.74 Å². The molecule has 0 aliphatic rings. The number of carbonyl (C=O) groups excluding carboxylic acids is 1. The van der Waals surface area contributed by atoms with E-state index in [2.05, 4.69) is 5.32 Å². The second-order valence-corrected chi connectivity index (χ2v) is 3.65. The van der Waals surface area contributed by atoms with Crippen molar-refractivity contribution in [2.75, 3.05) is 6.54 Å². The fourth-order valence-electron chi connectivity index (χ4n) is 1.16. The van der Waals surface area contributed by atoms with E-state index in [1.165, 1.54) is 0 Å². The van der Waals surface area contributed by atoms with Crippen LogP contribution in [0.1, 0.15) is 19.4 Å². The lowest BCUT2D eigenvalue weighted by atomic mass is 10.2. The molecular formula is C13H17NO2. The molecule has 86 valence electrons.